The average molecular weight is 1150 g/mol. The molecule has 0 N–H and O–H groups in total. The van der Waals surface area contributed by atoms with Gasteiger partial charge in [0.15, 0.2) is 0 Å². The number of rotatable bonds is 48. The maximum atomic E-state index is 11.3. The van der Waals surface area contributed by atoms with Gasteiger partial charge in [0, 0.05) is 60.5 Å². The van der Waals surface area contributed by atoms with E-state index in [-0.39, 0.29) is 83.2 Å². The molecule has 0 saturated heterocycles. The van der Waals surface area contributed by atoms with Crippen molar-refractivity contribution >= 4 is 41.8 Å². The number of carbonyl (C=O) groups is 7. The molecule has 460 valence electrons. The number of hydrogen-bond donors (Lipinski definition) is 0. The second kappa shape index (κ2) is 49.3. The van der Waals surface area contributed by atoms with Crippen LogP contribution < -0.4 is 0 Å². The van der Waals surface area contributed by atoms with Crippen LogP contribution in [0.4, 0.5) is 0 Å². The van der Waals surface area contributed by atoms with Crippen LogP contribution in [0.2, 0.25) is 0 Å². The third kappa shape index (κ3) is 42.1. The maximum Gasteiger partial charge on any atom is 0.330 e. The summed E-state index contributed by atoms with van der Waals surface area (Å²) >= 11 is 0. The number of methoxy groups -OCH3 is 1. The Morgan fingerprint density at radius 3 is 0.889 bits per heavy atom. The number of allylic oxidation sites excluding steroid dienone is 1. The second-order valence-electron chi connectivity index (χ2n) is 17.9. The zero-order valence-corrected chi connectivity index (χ0v) is 49.0. The van der Waals surface area contributed by atoms with Crippen molar-refractivity contribution in [3.63, 3.8) is 0 Å². The van der Waals surface area contributed by atoms with Gasteiger partial charge in [0.2, 0.25) is 0 Å². The van der Waals surface area contributed by atoms with Crippen molar-refractivity contribution in [3.8, 4) is 0 Å². The Morgan fingerprint density at radius 2 is 0.605 bits per heavy atom. The van der Waals surface area contributed by atoms with Crippen molar-refractivity contribution in [2.45, 2.75) is 79.1 Å². The molecule has 0 amide bonds. The average Bonchev–Trinajstić information content (AvgIpc) is 3.49. The Kier molecular flexibility index (Phi) is 47.9. The van der Waals surface area contributed by atoms with Crippen LogP contribution >= 0.6 is 0 Å². The highest BCUT2D eigenvalue weighted by Crippen LogP contribution is 2.28. The third-order valence-electron chi connectivity index (χ3n) is 11.3. The normalized spacial score (nSPS) is 12.5. The first-order chi connectivity index (χ1) is 38.6. The number of carbonyl (C=O) groups excluding carboxylic acids is 7. The van der Waals surface area contributed by atoms with Crippen LogP contribution in [0.1, 0.15) is 60.8 Å². The predicted octanol–water partition coefficient (Wildman–Crippen LogP) is 6.88. The summed E-state index contributed by atoms with van der Waals surface area (Å²) in [6.07, 6.45) is 10.0. The van der Waals surface area contributed by atoms with E-state index >= 15 is 0 Å². The first-order valence-corrected chi connectivity index (χ1v) is 26.1. The quantitative estimate of drug-likeness (QED) is 0.0150. The molecule has 0 rings (SSSR count). The fourth-order valence-electron chi connectivity index (χ4n) is 5.57. The van der Waals surface area contributed by atoms with Gasteiger partial charge in [0.25, 0.3) is 0 Å². The Hall–Kier alpha value is -6.53. The minimum absolute atomic E-state index is 0.0802. The highest BCUT2D eigenvalue weighted by atomic mass is 16.6. The fraction of sp³-hybridized carbons (Fsp3) is 0.576. The molecule has 0 aromatic carbocycles. The van der Waals surface area contributed by atoms with Gasteiger partial charge >= 0.3 is 41.8 Å². The van der Waals surface area contributed by atoms with E-state index in [1.165, 1.54) is 6.08 Å². The maximum absolute atomic E-state index is 11.3. The molecule has 0 spiro atoms. The zero-order valence-electron chi connectivity index (χ0n) is 49.0. The summed E-state index contributed by atoms with van der Waals surface area (Å²) in [7, 11) is 1.61. The first kappa shape index (κ1) is 78.7. The van der Waals surface area contributed by atoms with E-state index in [1.807, 2.05) is 34.6 Å². The highest BCUT2D eigenvalue weighted by molar-refractivity contribution is 5.83. The van der Waals surface area contributed by atoms with Gasteiger partial charge < -0.3 is 71.1 Å². The van der Waals surface area contributed by atoms with Crippen molar-refractivity contribution in [2.24, 2.45) is 16.2 Å². The molecule has 3 atom stereocenters. The summed E-state index contributed by atoms with van der Waals surface area (Å²) in [5.41, 5.74) is -1.70. The van der Waals surface area contributed by atoms with Gasteiger partial charge in [-0.1, -0.05) is 80.0 Å². The van der Waals surface area contributed by atoms with Crippen LogP contribution in [-0.2, 0) is 105 Å². The van der Waals surface area contributed by atoms with Crippen molar-refractivity contribution in [3.05, 3.63) is 114 Å². The molecule has 22 heteroatoms. The summed E-state index contributed by atoms with van der Waals surface area (Å²) in [4.78, 5) is 78.1. The molecule has 0 saturated carbocycles. The Morgan fingerprint density at radius 1 is 0.346 bits per heavy atom. The number of ether oxygens (including phenoxy) is 15. The van der Waals surface area contributed by atoms with Gasteiger partial charge in [0.05, 0.1) is 89.8 Å². The lowest BCUT2D eigenvalue weighted by Gasteiger charge is -2.35. The lowest BCUT2D eigenvalue weighted by molar-refractivity contribution is -0.156. The van der Waals surface area contributed by atoms with Crippen molar-refractivity contribution in [2.75, 3.05) is 126 Å². The van der Waals surface area contributed by atoms with E-state index in [0.717, 1.165) is 49.0 Å². The van der Waals surface area contributed by atoms with Crippen LogP contribution in [-0.4, -0.2) is 186 Å². The molecule has 0 radical (unpaired) electrons. The standard InChI is InChI=1S/C25H40O8.C19H32O8.C15H20O6/c1-9-19(5)28-13-20(6)31-16-25(12-4,17-32-21(7)14-29-23(26)10-2)18-33-22(8)15-30-24(27)11-3;1-5-17(20)26-12-10-24-15-19(7-3,14-23-9-8-22-4)16-25-11-13-27-18(21)6-2;1-5-12(16)19-9-15(8-4,10-20-13(17)6-2)11-21-14(18)7-3/h9-11,20-22H,1-3,5,12-18H2,4,6-8H3;5-6H,1-2,7-16H2,3-4H3;5-7H,1-3,8-11H2,4H3. The SMILES string of the molecule is C=CC(=C)OCC(C)OCC(CC)(COC(C)COC(=O)C=C)COC(C)COC(=O)C=C.C=CC(=O)OCC(CC)(COC(=O)C=C)COC(=O)C=C.C=CC(=O)OCCOCC(CC)(COCCOC)COCCOC(=O)C=C. The second-order valence-corrected chi connectivity index (χ2v) is 17.9. The smallest absolute Gasteiger partial charge is 0.330 e. The summed E-state index contributed by atoms with van der Waals surface area (Å²) in [5.74, 6) is -3.34. The van der Waals surface area contributed by atoms with E-state index in [9.17, 15) is 33.6 Å². The van der Waals surface area contributed by atoms with Gasteiger partial charge in [-0.25, -0.2) is 33.6 Å². The molecule has 0 heterocycles. The van der Waals surface area contributed by atoms with Gasteiger partial charge in [-0.2, -0.15) is 0 Å². The molecule has 3 unspecified atom stereocenters. The van der Waals surface area contributed by atoms with Crippen LogP contribution in [0.5, 0.6) is 0 Å². The summed E-state index contributed by atoms with van der Waals surface area (Å²) in [5, 5.41) is 0. The zero-order chi connectivity index (χ0) is 62.0. The lowest BCUT2D eigenvalue weighted by atomic mass is 9.87. The van der Waals surface area contributed by atoms with Crippen LogP contribution in [0.25, 0.3) is 0 Å². The van der Waals surface area contributed by atoms with E-state index in [1.54, 1.807) is 14.0 Å². The minimum atomic E-state index is -0.837. The van der Waals surface area contributed by atoms with Gasteiger partial charge in [0.1, 0.15) is 58.6 Å². The van der Waals surface area contributed by atoms with Gasteiger partial charge in [-0.05, 0) is 46.1 Å². The monoisotopic (exact) mass is 1150 g/mol. The summed E-state index contributed by atoms with van der Waals surface area (Å²) in [6, 6.07) is 0. The molecule has 81 heavy (non-hydrogen) atoms. The van der Waals surface area contributed by atoms with Crippen LogP contribution in [0.15, 0.2) is 114 Å². The topological polar surface area (TPSA) is 258 Å². The Labute approximate surface area is 480 Å². The largest absolute Gasteiger partial charge is 0.492 e. The lowest BCUT2D eigenvalue weighted by Crippen LogP contribution is -2.41. The third-order valence-corrected chi connectivity index (χ3v) is 11.3. The molecular weight excluding hydrogens is 1060 g/mol. The van der Waals surface area contributed by atoms with Crippen molar-refractivity contribution in [1.29, 1.82) is 0 Å². The Balaban J connectivity index is -0.00000116. The molecular formula is C59H92O22. The van der Waals surface area contributed by atoms with E-state index in [4.69, 9.17) is 71.1 Å². The molecule has 0 aliphatic heterocycles. The molecule has 0 aromatic rings. The van der Waals surface area contributed by atoms with E-state index in [2.05, 4.69) is 59.2 Å². The number of hydrogen-bond acceptors (Lipinski definition) is 22. The Bertz CT molecular complexity index is 1750. The van der Waals surface area contributed by atoms with Gasteiger partial charge in [-0.3, -0.25) is 0 Å². The summed E-state index contributed by atoms with van der Waals surface area (Å²) in [6.45, 7) is 46.2. The van der Waals surface area contributed by atoms with E-state index < -0.39 is 52.6 Å². The molecule has 0 fully saturated rings. The minimum Gasteiger partial charge on any atom is -0.492 e. The van der Waals surface area contributed by atoms with Crippen LogP contribution in [0, 0.1) is 16.2 Å². The summed E-state index contributed by atoms with van der Waals surface area (Å²) < 4.78 is 80.2. The first-order valence-electron chi connectivity index (χ1n) is 26.1. The fourth-order valence-corrected chi connectivity index (χ4v) is 5.57. The molecule has 0 aliphatic rings. The van der Waals surface area contributed by atoms with Crippen molar-refractivity contribution < 1.29 is 105 Å². The molecule has 0 aliphatic carbocycles. The van der Waals surface area contributed by atoms with Gasteiger partial charge in [-0.15, -0.1) is 0 Å². The van der Waals surface area contributed by atoms with E-state index in [0.29, 0.717) is 78.1 Å². The molecule has 0 bridgehead atoms. The van der Waals surface area contributed by atoms with Crippen LogP contribution in [0.3, 0.4) is 0 Å². The molecule has 0 aromatic heterocycles. The predicted molar refractivity (Wildman–Crippen MR) is 302 cm³/mol. The number of esters is 7. The molecule has 22 nitrogen and oxygen atoms in total. The highest BCUT2D eigenvalue weighted by Gasteiger charge is 2.35. The van der Waals surface area contributed by atoms with Crippen molar-refractivity contribution in [1.82, 2.24) is 0 Å².